The second kappa shape index (κ2) is 4.32. The Labute approximate surface area is 96.4 Å². The highest BCUT2D eigenvalue weighted by molar-refractivity contribution is 6.32. The van der Waals surface area contributed by atoms with Crippen molar-refractivity contribution < 1.29 is 4.92 Å². The van der Waals surface area contributed by atoms with Gasteiger partial charge in [-0.25, -0.2) is 0 Å². The highest BCUT2D eigenvalue weighted by Gasteiger charge is 2.18. The van der Waals surface area contributed by atoms with E-state index in [0.717, 1.165) is 5.56 Å². The maximum Gasteiger partial charge on any atom is 0.408 e. The lowest BCUT2D eigenvalue weighted by molar-refractivity contribution is -0.389. The molecule has 0 fully saturated rings. The highest BCUT2D eigenvalue weighted by Crippen LogP contribution is 2.21. The number of nitro groups is 1. The van der Waals surface area contributed by atoms with Crippen LogP contribution >= 0.6 is 11.6 Å². The zero-order valence-electron chi connectivity index (χ0n) is 8.21. The van der Waals surface area contributed by atoms with E-state index in [1.54, 1.807) is 0 Å². The van der Waals surface area contributed by atoms with E-state index in [-0.39, 0.29) is 10.8 Å². The highest BCUT2D eigenvalue weighted by atomic mass is 35.5. The van der Waals surface area contributed by atoms with Crippen LogP contribution in [0.3, 0.4) is 0 Å². The van der Waals surface area contributed by atoms with Crippen LogP contribution in [0.4, 0.5) is 5.82 Å². The quantitative estimate of drug-likeness (QED) is 0.609. The molecule has 0 saturated heterocycles. The molecule has 0 atom stereocenters. The SMILES string of the molecule is O=[N+]([O-])c1nn(Cc2ccccc2)cc1Cl. The number of hydrogen-bond acceptors (Lipinski definition) is 3. The molecule has 1 aromatic heterocycles. The van der Waals surface area contributed by atoms with Crippen LogP contribution in [0.5, 0.6) is 0 Å². The number of halogens is 1. The normalized spacial score (nSPS) is 10.3. The molecule has 0 radical (unpaired) electrons. The minimum absolute atomic E-state index is 0.0564. The van der Waals surface area contributed by atoms with Gasteiger partial charge in [-0.3, -0.25) is 0 Å². The number of nitrogens with zero attached hydrogens (tertiary/aromatic N) is 3. The van der Waals surface area contributed by atoms with Crippen LogP contribution in [0, 0.1) is 10.1 Å². The molecule has 1 aromatic carbocycles. The molecular formula is C10H8ClN3O2. The molecule has 82 valence electrons. The lowest BCUT2D eigenvalue weighted by atomic mass is 10.2. The van der Waals surface area contributed by atoms with Crippen molar-refractivity contribution in [3.63, 3.8) is 0 Å². The molecule has 0 saturated carbocycles. The molecule has 0 spiro atoms. The van der Waals surface area contributed by atoms with E-state index < -0.39 is 4.92 Å². The first kappa shape index (κ1) is 10.6. The van der Waals surface area contributed by atoms with Crippen molar-refractivity contribution in [2.45, 2.75) is 6.54 Å². The van der Waals surface area contributed by atoms with Crippen molar-refractivity contribution in [2.75, 3.05) is 0 Å². The number of hydrogen-bond donors (Lipinski definition) is 0. The number of rotatable bonds is 3. The van der Waals surface area contributed by atoms with E-state index in [1.165, 1.54) is 10.9 Å². The summed E-state index contributed by atoms with van der Waals surface area (Å²) in [5, 5.41) is 14.4. The second-order valence-electron chi connectivity index (χ2n) is 3.24. The van der Waals surface area contributed by atoms with Gasteiger partial charge in [-0.1, -0.05) is 41.9 Å². The molecule has 0 aliphatic rings. The maximum absolute atomic E-state index is 10.5. The van der Waals surface area contributed by atoms with Gasteiger partial charge in [0.2, 0.25) is 0 Å². The molecule has 5 nitrogen and oxygen atoms in total. The zero-order chi connectivity index (χ0) is 11.5. The van der Waals surface area contributed by atoms with Gasteiger partial charge in [0, 0.05) is 0 Å². The molecule has 0 bridgehead atoms. The van der Waals surface area contributed by atoms with Crippen molar-refractivity contribution in [2.24, 2.45) is 0 Å². The molecule has 0 aliphatic heterocycles. The van der Waals surface area contributed by atoms with Crippen molar-refractivity contribution >= 4 is 17.4 Å². The molecule has 16 heavy (non-hydrogen) atoms. The average molecular weight is 238 g/mol. The Balaban J connectivity index is 2.23. The van der Waals surface area contributed by atoms with Gasteiger partial charge < -0.3 is 10.1 Å². The fourth-order valence-electron chi connectivity index (χ4n) is 1.36. The Bertz CT molecular complexity index is 510. The lowest BCUT2D eigenvalue weighted by Crippen LogP contribution is -2.00. The van der Waals surface area contributed by atoms with Crippen LogP contribution in [-0.2, 0) is 6.54 Å². The Kier molecular flexibility index (Phi) is 2.87. The van der Waals surface area contributed by atoms with E-state index in [2.05, 4.69) is 5.10 Å². The minimum atomic E-state index is -0.593. The first-order valence-electron chi connectivity index (χ1n) is 4.58. The molecule has 6 heteroatoms. The summed E-state index contributed by atoms with van der Waals surface area (Å²) in [6.07, 6.45) is 1.45. The predicted molar refractivity (Wildman–Crippen MR) is 59.4 cm³/mol. The molecule has 0 amide bonds. The van der Waals surface area contributed by atoms with Crippen molar-refractivity contribution in [3.8, 4) is 0 Å². The molecule has 0 N–H and O–H groups in total. The van der Waals surface area contributed by atoms with Gasteiger partial charge in [-0.05, 0) is 10.5 Å². The standard InChI is InChI=1S/C10H8ClN3O2/c11-9-7-13(12-10(9)14(15)16)6-8-4-2-1-3-5-8/h1-5,7H,6H2. The zero-order valence-corrected chi connectivity index (χ0v) is 8.96. The predicted octanol–water partition coefficient (Wildman–Crippen LogP) is 2.49. The summed E-state index contributed by atoms with van der Waals surface area (Å²) in [7, 11) is 0. The Morgan fingerprint density at radius 1 is 1.38 bits per heavy atom. The molecular weight excluding hydrogens is 230 g/mol. The maximum atomic E-state index is 10.5. The van der Waals surface area contributed by atoms with Crippen molar-refractivity contribution in [1.29, 1.82) is 0 Å². The number of aromatic nitrogens is 2. The fraction of sp³-hybridized carbons (Fsp3) is 0.100. The van der Waals surface area contributed by atoms with Crippen LogP contribution < -0.4 is 0 Å². The van der Waals surface area contributed by atoms with Gasteiger partial charge in [-0.2, -0.15) is 4.68 Å². The van der Waals surface area contributed by atoms with Crippen LogP contribution in [-0.4, -0.2) is 14.7 Å². The number of benzene rings is 1. The Morgan fingerprint density at radius 2 is 2.06 bits per heavy atom. The molecule has 2 rings (SSSR count). The summed E-state index contributed by atoms with van der Waals surface area (Å²) in [6.45, 7) is 0.467. The monoisotopic (exact) mass is 237 g/mol. The topological polar surface area (TPSA) is 61.0 Å². The van der Waals surface area contributed by atoms with E-state index in [0.29, 0.717) is 6.54 Å². The van der Waals surface area contributed by atoms with E-state index in [1.807, 2.05) is 30.3 Å². The Hall–Kier alpha value is -1.88. The summed E-state index contributed by atoms with van der Waals surface area (Å²) in [6, 6.07) is 9.54. The lowest BCUT2D eigenvalue weighted by Gasteiger charge is -1.96. The van der Waals surface area contributed by atoms with Gasteiger partial charge in [-0.15, -0.1) is 0 Å². The van der Waals surface area contributed by atoms with Gasteiger partial charge in [0.05, 0.1) is 17.8 Å². The van der Waals surface area contributed by atoms with E-state index in [4.69, 9.17) is 11.6 Å². The van der Waals surface area contributed by atoms with Crippen molar-refractivity contribution in [3.05, 3.63) is 57.2 Å². The Morgan fingerprint density at radius 3 is 2.62 bits per heavy atom. The largest absolute Gasteiger partial charge is 0.408 e. The summed E-state index contributed by atoms with van der Waals surface area (Å²) < 4.78 is 1.45. The summed E-state index contributed by atoms with van der Waals surface area (Å²) >= 11 is 5.68. The second-order valence-corrected chi connectivity index (χ2v) is 3.65. The molecule has 2 aromatic rings. The summed E-state index contributed by atoms with van der Waals surface area (Å²) in [4.78, 5) is 9.94. The summed E-state index contributed by atoms with van der Waals surface area (Å²) in [5.41, 5.74) is 1.01. The van der Waals surface area contributed by atoms with E-state index >= 15 is 0 Å². The van der Waals surface area contributed by atoms with Crippen LogP contribution in [0.2, 0.25) is 5.02 Å². The van der Waals surface area contributed by atoms with Crippen molar-refractivity contribution in [1.82, 2.24) is 9.78 Å². The average Bonchev–Trinajstić information content (AvgIpc) is 2.61. The third kappa shape index (κ3) is 2.20. The van der Waals surface area contributed by atoms with Gasteiger partial charge in [0.1, 0.15) is 0 Å². The van der Waals surface area contributed by atoms with Gasteiger partial charge in [0.15, 0.2) is 5.02 Å². The third-order valence-corrected chi connectivity index (χ3v) is 2.33. The van der Waals surface area contributed by atoms with E-state index in [9.17, 15) is 10.1 Å². The fourth-order valence-corrected chi connectivity index (χ4v) is 1.58. The van der Waals surface area contributed by atoms with Gasteiger partial charge in [0.25, 0.3) is 0 Å². The third-order valence-electron chi connectivity index (χ3n) is 2.06. The minimum Gasteiger partial charge on any atom is -0.358 e. The molecule has 0 aliphatic carbocycles. The molecule has 0 unspecified atom stereocenters. The van der Waals surface area contributed by atoms with Gasteiger partial charge >= 0.3 is 5.82 Å². The summed E-state index contributed by atoms with van der Waals surface area (Å²) in [5.74, 6) is -0.308. The first-order chi connectivity index (χ1) is 7.66. The van der Waals surface area contributed by atoms with Crippen LogP contribution in [0.1, 0.15) is 5.56 Å². The smallest absolute Gasteiger partial charge is 0.358 e. The van der Waals surface area contributed by atoms with Crippen LogP contribution in [0.15, 0.2) is 36.5 Å². The van der Waals surface area contributed by atoms with Crippen LogP contribution in [0.25, 0.3) is 0 Å². The molecule has 1 heterocycles. The first-order valence-corrected chi connectivity index (χ1v) is 4.96.